The number of alkyl halides is 3. The van der Waals surface area contributed by atoms with Crippen LogP contribution in [0.15, 0.2) is 0 Å². The second-order valence-electron chi connectivity index (χ2n) is 4.65. The van der Waals surface area contributed by atoms with Gasteiger partial charge in [-0.25, -0.2) is 4.57 Å². The quantitative estimate of drug-likeness (QED) is 0.478. The van der Waals surface area contributed by atoms with Gasteiger partial charge in [-0.3, -0.25) is 13.6 Å². The van der Waals surface area contributed by atoms with Gasteiger partial charge in [-0.15, -0.1) is 0 Å². The van der Waals surface area contributed by atoms with Gasteiger partial charge in [-0.1, -0.05) is 34.8 Å². The van der Waals surface area contributed by atoms with Crippen molar-refractivity contribution in [3.8, 4) is 0 Å². The molecule has 1 fully saturated rings. The molecular weight excluding hydrogens is 313 g/mol. The molecule has 102 valence electrons. The van der Waals surface area contributed by atoms with Crippen molar-refractivity contribution in [3.63, 3.8) is 0 Å². The van der Waals surface area contributed by atoms with Gasteiger partial charge in [0.15, 0.2) is 0 Å². The first kappa shape index (κ1) is 16.0. The van der Waals surface area contributed by atoms with Crippen LogP contribution in [0.3, 0.4) is 0 Å². The van der Waals surface area contributed by atoms with Gasteiger partial charge in [0.25, 0.3) is 0 Å². The maximum atomic E-state index is 12.1. The molecule has 0 bridgehead atoms. The molecule has 0 aromatic heterocycles. The lowest BCUT2D eigenvalue weighted by molar-refractivity contribution is -0.0370. The molecule has 0 aromatic rings. The van der Waals surface area contributed by atoms with E-state index in [-0.39, 0.29) is 0 Å². The highest BCUT2D eigenvalue weighted by Gasteiger charge is 2.58. The number of rotatable bonds is 2. The number of hydrogen-bond acceptors (Lipinski definition) is 5. The number of phosphoric ester groups is 1. The van der Waals surface area contributed by atoms with Crippen LogP contribution < -0.4 is 0 Å². The zero-order chi connectivity index (χ0) is 13.7. The summed E-state index contributed by atoms with van der Waals surface area (Å²) < 4.78 is 25.1. The van der Waals surface area contributed by atoms with Gasteiger partial charge in [0.1, 0.15) is 11.2 Å². The third kappa shape index (κ3) is 3.48. The Morgan fingerprint density at radius 2 is 1.53 bits per heavy atom. The molecule has 5 nitrogen and oxygen atoms in total. The molecule has 0 aliphatic carbocycles. The molecule has 1 atom stereocenters. The first-order chi connectivity index (χ1) is 7.29. The Morgan fingerprint density at radius 1 is 1.18 bits per heavy atom. The van der Waals surface area contributed by atoms with Crippen molar-refractivity contribution in [3.05, 3.63) is 0 Å². The predicted octanol–water partition coefficient (Wildman–Crippen LogP) is 3.40. The van der Waals surface area contributed by atoms with Crippen molar-refractivity contribution in [2.45, 2.75) is 49.0 Å². The molecule has 17 heavy (non-hydrogen) atoms. The normalized spacial score (nSPS) is 28.0. The zero-order valence-electron chi connectivity index (χ0n) is 9.74. The maximum absolute atomic E-state index is 12.1. The van der Waals surface area contributed by atoms with Crippen LogP contribution in [0.4, 0.5) is 0 Å². The molecule has 0 spiro atoms. The van der Waals surface area contributed by atoms with E-state index in [9.17, 15) is 9.67 Å². The average molecular weight is 328 g/mol. The van der Waals surface area contributed by atoms with Crippen LogP contribution in [0.1, 0.15) is 27.7 Å². The lowest BCUT2D eigenvalue weighted by Gasteiger charge is -2.28. The molecule has 0 aromatic carbocycles. The van der Waals surface area contributed by atoms with E-state index in [4.69, 9.17) is 48.4 Å². The van der Waals surface area contributed by atoms with Gasteiger partial charge in [0.2, 0.25) is 10.1 Å². The van der Waals surface area contributed by atoms with Crippen molar-refractivity contribution in [1.29, 1.82) is 0 Å². The summed E-state index contributed by atoms with van der Waals surface area (Å²) in [6, 6.07) is 0. The minimum absolute atomic E-state index is 0.865. The van der Waals surface area contributed by atoms with Crippen LogP contribution in [-0.4, -0.2) is 26.4 Å². The van der Waals surface area contributed by atoms with E-state index in [0.717, 1.165) is 0 Å². The fourth-order valence-corrected chi connectivity index (χ4v) is 3.43. The molecule has 1 saturated heterocycles. The zero-order valence-corrected chi connectivity index (χ0v) is 12.9. The second-order valence-corrected chi connectivity index (χ2v) is 8.49. The van der Waals surface area contributed by atoms with Gasteiger partial charge >= 0.3 is 7.82 Å². The Morgan fingerprint density at radius 3 is 1.82 bits per heavy atom. The molecule has 1 heterocycles. The minimum atomic E-state index is -3.97. The van der Waals surface area contributed by atoms with Crippen molar-refractivity contribution in [1.82, 2.24) is 0 Å². The Bertz CT molecular complexity index is 332. The standard InChI is InChI=1S/C8H14Cl3O5P/c1-6(2)7(3,4)16-17(13,15-6)14-5(12)8(9,10)11/h5,12H,1-4H3. The number of halogens is 3. The monoisotopic (exact) mass is 326 g/mol. The van der Waals surface area contributed by atoms with Gasteiger partial charge in [-0.05, 0) is 27.7 Å². The topological polar surface area (TPSA) is 65.0 Å². The van der Waals surface area contributed by atoms with E-state index in [0.29, 0.717) is 0 Å². The Hall–Kier alpha value is 0.940. The van der Waals surface area contributed by atoms with E-state index in [2.05, 4.69) is 0 Å². The summed E-state index contributed by atoms with van der Waals surface area (Å²) in [5.74, 6) is 0. The number of aliphatic hydroxyl groups excluding tert-OH is 1. The van der Waals surface area contributed by atoms with E-state index < -0.39 is 29.1 Å². The number of aliphatic hydroxyl groups is 1. The van der Waals surface area contributed by atoms with E-state index in [1.807, 2.05) is 0 Å². The summed E-state index contributed by atoms with van der Waals surface area (Å²) in [4.78, 5) is 0. The Labute approximate surface area is 115 Å². The molecule has 1 unspecified atom stereocenters. The lowest BCUT2D eigenvalue weighted by atomic mass is 9.90. The predicted molar refractivity (Wildman–Crippen MR) is 65.3 cm³/mol. The molecule has 0 saturated carbocycles. The largest absolute Gasteiger partial charge is 0.478 e. The van der Waals surface area contributed by atoms with Gasteiger partial charge in [0, 0.05) is 0 Å². The lowest BCUT2D eigenvalue weighted by Crippen LogP contribution is -2.41. The Balaban J connectivity index is 2.85. The molecule has 0 radical (unpaired) electrons. The number of hydrogen-bond donors (Lipinski definition) is 1. The summed E-state index contributed by atoms with van der Waals surface area (Å²) >= 11 is 16.2. The van der Waals surface area contributed by atoms with Crippen LogP contribution in [-0.2, 0) is 18.1 Å². The van der Waals surface area contributed by atoms with E-state index in [1.54, 1.807) is 27.7 Å². The van der Waals surface area contributed by atoms with Crippen molar-refractivity contribution in [2.75, 3.05) is 0 Å². The van der Waals surface area contributed by atoms with Crippen molar-refractivity contribution >= 4 is 42.6 Å². The molecular formula is C8H14Cl3O5P. The van der Waals surface area contributed by atoms with Gasteiger partial charge in [-0.2, -0.15) is 0 Å². The maximum Gasteiger partial charge on any atom is 0.478 e. The highest BCUT2D eigenvalue weighted by molar-refractivity contribution is 7.48. The highest BCUT2D eigenvalue weighted by Crippen LogP contribution is 2.65. The summed E-state index contributed by atoms with van der Waals surface area (Å²) in [6.45, 7) is 6.71. The van der Waals surface area contributed by atoms with E-state index in [1.165, 1.54) is 0 Å². The molecule has 1 rings (SSSR count). The third-order valence-electron chi connectivity index (χ3n) is 2.64. The van der Waals surface area contributed by atoms with Crippen LogP contribution in [0.25, 0.3) is 0 Å². The van der Waals surface area contributed by atoms with Crippen LogP contribution in [0.2, 0.25) is 0 Å². The SMILES string of the molecule is CC1(C)OP(=O)(OC(O)C(Cl)(Cl)Cl)OC1(C)C. The second kappa shape index (κ2) is 4.50. The minimum Gasteiger partial charge on any atom is -0.364 e. The Kier molecular flexibility index (Phi) is 4.23. The first-order valence-electron chi connectivity index (χ1n) is 4.74. The summed E-state index contributed by atoms with van der Waals surface area (Å²) in [5, 5.41) is 9.40. The van der Waals surface area contributed by atoms with Crippen molar-refractivity contribution < 1.29 is 23.2 Å². The molecule has 1 N–H and O–H groups in total. The highest BCUT2D eigenvalue weighted by atomic mass is 35.6. The van der Waals surface area contributed by atoms with Gasteiger partial charge < -0.3 is 5.11 Å². The molecule has 1 aliphatic rings. The molecule has 0 amide bonds. The summed E-state index contributed by atoms with van der Waals surface area (Å²) in [5.41, 5.74) is -1.73. The summed E-state index contributed by atoms with van der Waals surface area (Å²) in [6.07, 6.45) is -1.91. The summed E-state index contributed by atoms with van der Waals surface area (Å²) in [7, 11) is -3.97. The smallest absolute Gasteiger partial charge is 0.364 e. The third-order valence-corrected chi connectivity index (χ3v) is 5.02. The molecule has 1 aliphatic heterocycles. The van der Waals surface area contributed by atoms with Crippen LogP contribution in [0.5, 0.6) is 0 Å². The fraction of sp³-hybridized carbons (Fsp3) is 1.00. The van der Waals surface area contributed by atoms with E-state index >= 15 is 0 Å². The van der Waals surface area contributed by atoms with Crippen LogP contribution in [0, 0.1) is 0 Å². The first-order valence-corrected chi connectivity index (χ1v) is 7.33. The average Bonchev–Trinajstić information content (AvgIpc) is 2.12. The van der Waals surface area contributed by atoms with Gasteiger partial charge in [0.05, 0.1) is 0 Å². The van der Waals surface area contributed by atoms with Crippen molar-refractivity contribution in [2.24, 2.45) is 0 Å². The number of phosphoric acid groups is 1. The fourth-order valence-electron chi connectivity index (χ4n) is 1.02. The molecule has 9 heteroatoms. The van der Waals surface area contributed by atoms with Crippen LogP contribution >= 0.6 is 42.6 Å².